The van der Waals surface area contributed by atoms with Crippen molar-refractivity contribution in [1.82, 2.24) is 14.5 Å². The molecular formula is C30H29N3O3S2. The van der Waals surface area contributed by atoms with Crippen molar-refractivity contribution >= 4 is 50.0 Å². The molecule has 38 heavy (non-hydrogen) atoms. The van der Waals surface area contributed by atoms with E-state index in [0.29, 0.717) is 22.2 Å². The Morgan fingerprint density at radius 2 is 2.00 bits per heavy atom. The van der Waals surface area contributed by atoms with Gasteiger partial charge >= 0.3 is 0 Å². The van der Waals surface area contributed by atoms with Gasteiger partial charge in [-0.2, -0.15) is 0 Å². The first-order chi connectivity index (χ1) is 18.6. The number of ketones is 1. The summed E-state index contributed by atoms with van der Waals surface area (Å²) < 4.78 is 7.10. The summed E-state index contributed by atoms with van der Waals surface area (Å²) in [6, 6.07) is 13.5. The Balaban J connectivity index is 1.43. The van der Waals surface area contributed by atoms with E-state index in [0.717, 1.165) is 58.8 Å². The molecule has 0 atom stereocenters. The molecule has 1 N–H and O–H groups in total. The molecule has 6 nitrogen and oxygen atoms in total. The van der Waals surface area contributed by atoms with Gasteiger partial charge in [0.1, 0.15) is 10.6 Å². The topological polar surface area (TPSA) is 77.0 Å². The van der Waals surface area contributed by atoms with Crippen LogP contribution in [0, 0.1) is 0 Å². The van der Waals surface area contributed by atoms with E-state index in [2.05, 4.69) is 18.0 Å². The number of fused-ring (bicyclic) bond motifs is 4. The van der Waals surface area contributed by atoms with Crippen molar-refractivity contribution in [2.75, 3.05) is 12.9 Å². The summed E-state index contributed by atoms with van der Waals surface area (Å²) in [5.41, 5.74) is 4.64. The number of aromatic nitrogens is 3. The van der Waals surface area contributed by atoms with Gasteiger partial charge in [-0.25, -0.2) is 4.98 Å². The summed E-state index contributed by atoms with van der Waals surface area (Å²) >= 11 is 2.95. The van der Waals surface area contributed by atoms with Gasteiger partial charge in [0.15, 0.2) is 10.9 Å². The number of thioether (sulfide) groups is 1. The lowest BCUT2D eigenvalue weighted by atomic mass is 10.1. The number of rotatable bonds is 7. The maximum absolute atomic E-state index is 14.1. The molecule has 0 radical (unpaired) electrons. The lowest BCUT2D eigenvalue weighted by Crippen LogP contribution is -2.22. The van der Waals surface area contributed by atoms with Crippen LogP contribution in [-0.4, -0.2) is 33.2 Å². The maximum atomic E-state index is 14.1. The van der Waals surface area contributed by atoms with Crippen LogP contribution in [0.5, 0.6) is 5.75 Å². The molecule has 0 unspecified atom stereocenters. The SMILES string of the molecule is CCc1cccc2c(C(=O)CSc3nc4sc5c(c4c(=O)n3-c3cccc(OC)c3)CCCCC5)c[nH]c12. The number of aromatic amines is 1. The molecule has 3 aromatic heterocycles. The number of nitrogens with one attached hydrogen (secondary N) is 1. The Morgan fingerprint density at radius 1 is 1.16 bits per heavy atom. The minimum absolute atomic E-state index is 0.00278. The van der Waals surface area contributed by atoms with Crippen molar-refractivity contribution in [2.45, 2.75) is 50.6 Å². The number of ether oxygens (including phenoxy) is 1. The molecule has 3 heterocycles. The van der Waals surface area contributed by atoms with E-state index in [1.54, 1.807) is 29.2 Å². The Hall–Kier alpha value is -3.36. The van der Waals surface area contributed by atoms with Gasteiger partial charge in [-0.15, -0.1) is 11.3 Å². The van der Waals surface area contributed by atoms with Gasteiger partial charge < -0.3 is 9.72 Å². The second kappa shape index (κ2) is 10.4. The molecule has 0 amide bonds. The first-order valence-electron chi connectivity index (χ1n) is 13.1. The number of benzene rings is 2. The summed E-state index contributed by atoms with van der Waals surface area (Å²) in [6.45, 7) is 2.11. The van der Waals surface area contributed by atoms with E-state index in [9.17, 15) is 9.59 Å². The van der Waals surface area contributed by atoms with Crippen molar-refractivity contribution in [3.63, 3.8) is 0 Å². The second-order valence-electron chi connectivity index (χ2n) is 9.59. The van der Waals surface area contributed by atoms with Gasteiger partial charge in [0.25, 0.3) is 5.56 Å². The molecule has 0 saturated heterocycles. The van der Waals surface area contributed by atoms with Gasteiger partial charge in [-0.3, -0.25) is 14.2 Å². The highest BCUT2D eigenvalue weighted by molar-refractivity contribution is 7.99. The minimum Gasteiger partial charge on any atom is -0.497 e. The zero-order valence-electron chi connectivity index (χ0n) is 21.5. The molecule has 5 aromatic rings. The number of hydrogen-bond acceptors (Lipinski definition) is 6. The zero-order valence-corrected chi connectivity index (χ0v) is 23.1. The van der Waals surface area contributed by atoms with Crippen LogP contribution in [-0.2, 0) is 19.3 Å². The largest absolute Gasteiger partial charge is 0.497 e. The molecule has 0 spiro atoms. The number of methoxy groups -OCH3 is 1. The van der Waals surface area contributed by atoms with Gasteiger partial charge in [0, 0.05) is 33.6 Å². The maximum Gasteiger partial charge on any atom is 0.267 e. The first-order valence-corrected chi connectivity index (χ1v) is 14.9. The normalized spacial score (nSPS) is 13.5. The van der Waals surface area contributed by atoms with Crippen molar-refractivity contribution in [3.8, 4) is 11.4 Å². The second-order valence-corrected chi connectivity index (χ2v) is 11.6. The van der Waals surface area contributed by atoms with Gasteiger partial charge in [0.05, 0.1) is 23.9 Å². The van der Waals surface area contributed by atoms with Crippen LogP contribution in [0.25, 0.3) is 26.8 Å². The molecule has 194 valence electrons. The monoisotopic (exact) mass is 543 g/mol. The van der Waals surface area contributed by atoms with Gasteiger partial charge in [-0.05, 0) is 55.4 Å². The molecule has 0 bridgehead atoms. The van der Waals surface area contributed by atoms with Gasteiger partial charge in [0.2, 0.25) is 0 Å². The summed E-state index contributed by atoms with van der Waals surface area (Å²) in [6.07, 6.45) is 8.02. The number of hydrogen-bond donors (Lipinski definition) is 1. The highest BCUT2D eigenvalue weighted by Crippen LogP contribution is 2.35. The van der Waals surface area contributed by atoms with Crippen LogP contribution in [0.3, 0.4) is 0 Å². The molecule has 2 aromatic carbocycles. The van der Waals surface area contributed by atoms with Crippen molar-refractivity contribution in [1.29, 1.82) is 0 Å². The zero-order chi connectivity index (χ0) is 26.2. The van der Waals surface area contributed by atoms with Crippen LogP contribution in [0.1, 0.15) is 52.5 Å². The quantitative estimate of drug-likeness (QED) is 0.106. The summed E-state index contributed by atoms with van der Waals surface area (Å²) in [7, 11) is 1.61. The number of carbonyl (C=O) groups is 1. The van der Waals surface area contributed by atoms with E-state index in [4.69, 9.17) is 9.72 Å². The Morgan fingerprint density at radius 3 is 2.84 bits per heavy atom. The van der Waals surface area contributed by atoms with Crippen LogP contribution in [0.2, 0.25) is 0 Å². The molecule has 1 aliphatic rings. The number of Topliss-reactive ketones (excluding diaryl/α,β-unsaturated/α-hetero) is 1. The predicted molar refractivity (Wildman–Crippen MR) is 156 cm³/mol. The number of thiophene rings is 1. The third kappa shape index (κ3) is 4.35. The number of para-hydroxylation sites is 1. The fraction of sp³-hybridized carbons (Fsp3) is 0.300. The summed E-state index contributed by atoms with van der Waals surface area (Å²) in [5, 5.41) is 2.19. The summed E-state index contributed by atoms with van der Waals surface area (Å²) in [5.74, 6) is 0.843. The van der Waals surface area contributed by atoms with Crippen molar-refractivity contribution in [2.24, 2.45) is 0 Å². The van der Waals surface area contributed by atoms with Crippen molar-refractivity contribution in [3.05, 3.63) is 80.6 Å². The van der Waals surface area contributed by atoms with Crippen LogP contribution < -0.4 is 10.3 Å². The van der Waals surface area contributed by atoms with E-state index in [1.807, 2.05) is 36.4 Å². The molecule has 0 saturated carbocycles. The van der Waals surface area contributed by atoms with Crippen LogP contribution >= 0.6 is 23.1 Å². The lowest BCUT2D eigenvalue weighted by Gasteiger charge is -2.13. The standard InChI is InChI=1S/C30H29N3O3S2/c1-3-18-9-7-13-21-23(16-31-27(18)21)24(34)17-37-30-32-28-26(22-12-5-4-6-14-25(22)38-28)29(35)33(30)19-10-8-11-20(15-19)36-2/h7-11,13,15-16,31H,3-6,12,14,17H2,1-2H3. The Labute approximate surface area is 229 Å². The fourth-order valence-corrected chi connectivity index (χ4v) is 7.59. The fourth-order valence-electron chi connectivity index (χ4n) is 5.39. The third-order valence-corrected chi connectivity index (χ3v) is 9.46. The molecule has 8 heteroatoms. The van der Waals surface area contributed by atoms with E-state index in [1.165, 1.54) is 28.6 Å². The summed E-state index contributed by atoms with van der Waals surface area (Å²) in [4.78, 5) is 37.8. The van der Waals surface area contributed by atoms with E-state index < -0.39 is 0 Å². The number of nitrogens with zero attached hydrogens (tertiary/aromatic N) is 2. The average Bonchev–Trinajstić information content (AvgIpc) is 3.45. The average molecular weight is 544 g/mol. The predicted octanol–water partition coefficient (Wildman–Crippen LogP) is 6.74. The van der Waals surface area contributed by atoms with Gasteiger partial charge in [-0.1, -0.05) is 49.4 Å². The van der Waals surface area contributed by atoms with E-state index >= 15 is 0 Å². The molecule has 1 aliphatic carbocycles. The Kier molecular flexibility index (Phi) is 6.84. The van der Waals surface area contributed by atoms with Crippen molar-refractivity contribution < 1.29 is 9.53 Å². The smallest absolute Gasteiger partial charge is 0.267 e. The first kappa shape index (κ1) is 24.9. The molecule has 6 rings (SSSR count). The molecular weight excluding hydrogens is 514 g/mol. The number of carbonyl (C=O) groups excluding carboxylic acids is 1. The van der Waals surface area contributed by atoms with Crippen LogP contribution in [0.15, 0.2) is 58.6 Å². The molecule has 0 fully saturated rings. The highest BCUT2D eigenvalue weighted by Gasteiger charge is 2.23. The number of H-pyrrole nitrogens is 1. The van der Waals surface area contributed by atoms with Crippen LogP contribution in [0.4, 0.5) is 0 Å². The highest BCUT2D eigenvalue weighted by atomic mass is 32.2. The van der Waals surface area contributed by atoms with E-state index in [-0.39, 0.29) is 17.1 Å². The number of aryl methyl sites for hydroxylation is 3. The Bertz CT molecular complexity index is 1730. The lowest BCUT2D eigenvalue weighted by molar-refractivity contribution is 0.102. The minimum atomic E-state index is -0.0720. The molecule has 0 aliphatic heterocycles. The third-order valence-electron chi connectivity index (χ3n) is 7.34.